The van der Waals surface area contributed by atoms with E-state index in [1.165, 1.54) is 0 Å². The Bertz CT molecular complexity index is 490. The monoisotopic (exact) mass is 270 g/mol. The van der Waals surface area contributed by atoms with Crippen LogP contribution in [-0.2, 0) is 20.3 Å². The molecular formula is C14H22O3S. The highest BCUT2D eigenvalue weighted by Crippen LogP contribution is 2.14. The number of benzene rings is 1. The van der Waals surface area contributed by atoms with Gasteiger partial charge >= 0.3 is 0 Å². The molecule has 0 N–H and O–H groups in total. The fourth-order valence-corrected chi connectivity index (χ4v) is 2.95. The Morgan fingerprint density at radius 3 is 2.50 bits per heavy atom. The predicted molar refractivity (Wildman–Crippen MR) is 74.5 cm³/mol. The summed E-state index contributed by atoms with van der Waals surface area (Å²) in [6, 6.07) is 5.90. The first-order valence-corrected chi connectivity index (χ1v) is 8.00. The van der Waals surface area contributed by atoms with Crippen LogP contribution in [0.4, 0.5) is 0 Å². The van der Waals surface area contributed by atoms with Crippen LogP contribution in [0.25, 0.3) is 0 Å². The SMILES string of the molecule is Cc1ccc(C)c(CS(=O)(=O)CCOC(C)C)c1. The summed E-state index contributed by atoms with van der Waals surface area (Å²) in [5, 5.41) is 0. The minimum absolute atomic E-state index is 0.0703. The molecule has 102 valence electrons. The summed E-state index contributed by atoms with van der Waals surface area (Å²) in [5.74, 6) is 0.181. The molecule has 0 aliphatic heterocycles. The molecule has 1 aromatic carbocycles. The molecule has 0 amide bonds. The summed E-state index contributed by atoms with van der Waals surface area (Å²) in [6.07, 6.45) is 0.0703. The van der Waals surface area contributed by atoms with E-state index in [9.17, 15) is 8.42 Å². The van der Waals surface area contributed by atoms with Gasteiger partial charge in [-0.05, 0) is 38.8 Å². The zero-order valence-corrected chi connectivity index (χ0v) is 12.4. The minimum Gasteiger partial charge on any atom is -0.378 e. The van der Waals surface area contributed by atoms with E-state index in [4.69, 9.17) is 4.74 Å². The lowest BCUT2D eigenvalue weighted by Gasteiger charge is -2.10. The topological polar surface area (TPSA) is 43.4 Å². The van der Waals surface area contributed by atoms with Crippen molar-refractivity contribution in [1.29, 1.82) is 0 Å². The molecule has 0 unspecified atom stereocenters. The molecule has 0 bridgehead atoms. The van der Waals surface area contributed by atoms with Crippen LogP contribution in [0.15, 0.2) is 18.2 Å². The Labute approximate surface area is 110 Å². The third-order valence-corrected chi connectivity index (χ3v) is 4.27. The van der Waals surface area contributed by atoms with Gasteiger partial charge in [-0.25, -0.2) is 8.42 Å². The summed E-state index contributed by atoms with van der Waals surface area (Å²) in [5.41, 5.74) is 3.00. The quantitative estimate of drug-likeness (QED) is 0.798. The summed E-state index contributed by atoms with van der Waals surface area (Å²) in [7, 11) is -3.09. The van der Waals surface area contributed by atoms with Crippen LogP contribution in [-0.4, -0.2) is 26.9 Å². The van der Waals surface area contributed by atoms with E-state index in [-0.39, 0.29) is 24.2 Å². The molecule has 0 spiro atoms. The molecule has 1 aromatic rings. The average molecular weight is 270 g/mol. The van der Waals surface area contributed by atoms with Crippen molar-refractivity contribution in [3.8, 4) is 0 Å². The van der Waals surface area contributed by atoms with Crippen LogP contribution in [0.5, 0.6) is 0 Å². The first-order chi connectivity index (χ1) is 8.30. The molecule has 1 rings (SSSR count). The molecule has 3 nitrogen and oxygen atoms in total. The normalized spacial score (nSPS) is 12.1. The van der Waals surface area contributed by atoms with Crippen molar-refractivity contribution < 1.29 is 13.2 Å². The van der Waals surface area contributed by atoms with Crippen molar-refractivity contribution in [2.24, 2.45) is 0 Å². The second-order valence-corrected chi connectivity index (χ2v) is 7.13. The maximum atomic E-state index is 12.0. The summed E-state index contributed by atoms with van der Waals surface area (Å²) >= 11 is 0. The Balaban J connectivity index is 2.67. The van der Waals surface area contributed by atoms with Gasteiger partial charge < -0.3 is 4.74 Å². The van der Waals surface area contributed by atoms with E-state index >= 15 is 0 Å². The van der Waals surface area contributed by atoms with Crippen LogP contribution in [0.3, 0.4) is 0 Å². The Morgan fingerprint density at radius 2 is 1.89 bits per heavy atom. The second-order valence-electron chi connectivity index (χ2n) is 4.94. The van der Waals surface area contributed by atoms with Crippen molar-refractivity contribution in [3.05, 3.63) is 34.9 Å². The van der Waals surface area contributed by atoms with E-state index in [0.717, 1.165) is 16.7 Å². The van der Waals surface area contributed by atoms with Gasteiger partial charge in [0.25, 0.3) is 0 Å². The van der Waals surface area contributed by atoms with Gasteiger partial charge in [0.05, 0.1) is 24.2 Å². The molecule has 0 aromatic heterocycles. The van der Waals surface area contributed by atoms with Gasteiger partial charge in [-0.15, -0.1) is 0 Å². The number of ether oxygens (including phenoxy) is 1. The van der Waals surface area contributed by atoms with Crippen molar-refractivity contribution in [2.45, 2.75) is 39.6 Å². The molecule has 18 heavy (non-hydrogen) atoms. The molecule has 0 atom stereocenters. The lowest BCUT2D eigenvalue weighted by molar-refractivity contribution is 0.0912. The van der Waals surface area contributed by atoms with E-state index in [1.54, 1.807) is 0 Å². The molecule has 0 saturated heterocycles. The van der Waals surface area contributed by atoms with Gasteiger partial charge in [-0.1, -0.05) is 23.8 Å². The number of hydrogen-bond acceptors (Lipinski definition) is 3. The molecule has 0 aliphatic carbocycles. The zero-order chi connectivity index (χ0) is 13.8. The van der Waals surface area contributed by atoms with Gasteiger partial charge in [0, 0.05) is 0 Å². The van der Waals surface area contributed by atoms with Crippen LogP contribution in [0, 0.1) is 13.8 Å². The first-order valence-electron chi connectivity index (χ1n) is 6.18. The second kappa shape index (κ2) is 6.34. The molecule has 0 fully saturated rings. The standard InChI is InChI=1S/C14H22O3S/c1-11(2)17-7-8-18(15,16)10-14-9-12(3)5-6-13(14)4/h5-6,9,11H,7-8,10H2,1-4H3. The van der Waals surface area contributed by atoms with Crippen LogP contribution < -0.4 is 0 Å². The van der Waals surface area contributed by atoms with Crippen LogP contribution in [0.2, 0.25) is 0 Å². The maximum absolute atomic E-state index is 12.0. The lowest BCUT2D eigenvalue weighted by atomic mass is 10.1. The number of sulfone groups is 1. The van der Waals surface area contributed by atoms with Crippen molar-refractivity contribution >= 4 is 9.84 Å². The lowest BCUT2D eigenvalue weighted by Crippen LogP contribution is -2.17. The molecular weight excluding hydrogens is 248 g/mol. The van der Waals surface area contributed by atoms with E-state index in [1.807, 2.05) is 45.9 Å². The van der Waals surface area contributed by atoms with Gasteiger partial charge in [0.2, 0.25) is 0 Å². The molecule has 0 radical (unpaired) electrons. The van der Waals surface area contributed by atoms with Gasteiger partial charge in [-0.3, -0.25) is 0 Å². The van der Waals surface area contributed by atoms with E-state index < -0.39 is 9.84 Å². The minimum atomic E-state index is -3.09. The van der Waals surface area contributed by atoms with Gasteiger partial charge in [-0.2, -0.15) is 0 Å². The highest BCUT2D eigenvalue weighted by Gasteiger charge is 2.14. The number of rotatable bonds is 6. The molecule has 0 heterocycles. The smallest absolute Gasteiger partial charge is 0.156 e. The molecule has 0 aliphatic rings. The van der Waals surface area contributed by atoms with Gasteiger partial charge in [0.1, 0.15) is 0 Å². The third kappa shape index (κ3) is 5.19. The largest absolute Gasteiger partial charge is 0.378 e. The molecule has 4 heteroatoms. The Morgan fingerprint density at radius 1 is 1.22 bits per heavy atom. The zero-order valence-electron chi connectivity index (χ0n) is 11.6. The van der Waals surface area contributed by atoms with Crippen molar-refractivity contribution in [2.75, 3.05) is 12.4 Å². The van der Waals surface area contributed by atoms with E-state index in [2.05, 4.69) is 0 Å². The third-order valence-electron chi connectivity index (χ3n) is 2.73. The number of aryl methyl sites for hydroxylation is 2. The van der Waals surface area contributed by atoms with Crippen molar-refractivity contribution in [3.63, 3.8) is 0 Å². The van der Waals surface area contributed by atoms with Gasteiger partial charge in [0.15, 0.2) is 9.84 Å². The van der Waals surface area contributed by atoms with Crippen molar-refractivity contribution in [1.82, 2.24) is 0 Å². The van der Waals surface area contributed by atoms with Crippen LogP contribution >= 0.6 is 0 Å². The first kappa shape index (κ1) is 15.2. The predicted octanol–water partition coefficient (Wildman–Crippen LogP) is 2.64. The Hall–Kier alpha value is -0.870. The van der Waals surface area contributed by atoms with Crippen LogP contribution in [0.1, 0.15) is 30.5 Å². The maximum Gasteiger partial charge on any atom is 0.156 e. The number of hydrogen-bond donors (Lipinski definition) is 0. The summed E-state index contributed by atoms with van der Waals surface area (Å²) in [6.45, 7) is 7.98. The fraction of sp³-hybridized carbons (Fsp3) is 0.571. The van der Waals surface area contributed by atoms with E-state index in [0.29, 0.717) is 0 Å². The highest BCUT2D eigenvalue weighted by molar-refractivity contribution is 7.90. The fourth-order valence-electron chi connectivity index (χ4n) is 1.68. The molecule has 0 saturated carbocycles. The highest BCUT2D eigenvalue weighted by atomic mass is 32.2. The Kier molecular flexibility index (Phi) is 5.35. The summed E-state index contributed by atoms with van der Waals surface area (Å²) < 4.78 is 29.2. The summed E-state index contributed by atoms with van der Waals surface area (Å²) in [4.78, 5) is 0. The average Bonchev–Trinajstić information content (AvgIpc) is 2.22.